The Balaban J connectivity index is 2.70. The maximum atomic E-state index is 12.3. The van der Waals surface area contributed by atoms with Gasteiger partial charge in [0.05, 0.1) is 21.4 Å². The Kier molecular flexibility index (Phi) is 2.31. The number of benzene rings is 1. The van der Waals surface area contributed by atoms with Crippen LogP contribution in [0.3, 0.4) is 0 Å². The second kappa shape index (κ2) is 3.72. The molecule has 0 N–H and O–H groups in total. The van der Waals surface area contributed by atoms with Gasteiger partial charge in [0.25, 0.3) is 5.56 Å². The Hall–Kier alpha value is -1.58. The van der Waals surface area contributed by atoms with Crippen LogP contribution in [0.15, 0.2) is 41.3 Å². The van der Waals surface area contributed by atoms with Crippen LogP contribution >= 0.6 is 23.2 Å². The van der Waals surface area contributed by atoms with Crippen LogP contribution in [0.1, 0.15) is 0 Å². The van der Waals surface area contributed by atoms with Crippen molar-refractivity contribution >= 4 is 39.6 Å². The molecule has 3 aromatic rings. The van der Waals surface area contributed by atoms with Gasteiger partial charge in [-0.3, -0.25) is 9.20 Å². The van der Waals surface area contributed by atoms with Crippen molar-refractivity contribution < 1.29 is 0 Å². The molecule has 0 radical (unpaired) electrons. The third-order valence-corrected chi connectivity index (χ3v) is 3.05. The summed E-state index contributed by atoms with van der Waals surface area (Å²) in [6.07, 6.45) is 1.54. The van der Waals surface area contributed by atoms with Crippen molar-refractivity contribution in [2.24, 2.45) is 0 Å². The summed E-state index contributed by atoms with van der Waals surface area (Å²) in [4.78, 5) is 16.5. The van der Waals surface area contributed by atoms with Crippen molar-refractivity contribution in [2.75, 3.05) is 0 Å². The molecule has 5 heteroatoms. The number of para-hydroxylation sites is 1. The molecule has 2 heterocycles. The highest BCUT2D eigenvalue weighted by molar-refractivity contribution is 6.34. The van der Waals surface area contributed by atoms with E-state index in [1.165, 1.54) is 4.40 Å². The third kappa shape index (κ3) is 1.59. The first-order chi connectivity index (χ1) is 8.16. The van der Waals surface area contributed by atoms with Crippen molar-refractivity contribution in [1.29, 1.82) is 0 Å². The predicted molar refractivity (Wildman–Crippen MR) is 69.0 cm³/mol. The van der Waals surface area contributed by atoms with Crippen molar-refractivity contribution in [3.05, 3.63) is 57.1 Å². The summed E-state index contributed by atoms with van der Waals surface area (Å²) in [5.74, 6) is 0. The molecule has 0 saturated carbocycles. The van der Waals surface area contributed by atoms with Crippen LogP contribution in [-0.4, -0.2) is 9.38 Å². The van der Waals surface area contributed by atoms with E-state index >= 15 is 0 Å². The van der Waals surface area contributed by atoms with Gasteiger partial charge in [0, 0.05) is 6.20 Å². The number of nitrogens with zero attached hydrogens (tertiary/aromatic N) is 2. The molecule has 0 aliphatic heterocycles. The molecule has 0 saturated heterocycles. The molecule has 3 rings (SSSR count). The molecule has 0 spiro atoms. The fourth-order valence-corrected chi connectivity index (χ4v) is 2.24. The third-order valence-electron chi connectivity index (χ3n) is 2.57. The number of hydrogen-bond acceptors (Lipinski definition) is 2. The highest BCUT2D eigenvalue weighted by Gasteiger charge is 2.08. The fraction of sp³-hybridized carbons (Fsp3) is 0. The van der Waals surface area contributed by atoms with E-state index in [0.29, 0.717) is 21.4 Å². The number of rotatable bonds is 0. The molecule has 84 valence electrons. The minimum Gasteiger partial charge on any atom is -0.279 e. The van der Waals surface area contributed by atoms with E-state index in [2.05, 4.69) is 4.98 Å². The van der Waals surface area contributed by atoms with Gasteiger partial charge in [0.2, 0.25) is 0 Å². The highest BCUT2D eigenvalue weighted by Crippen LogP contribution is 2.20. The zero-order chi connectivity index (χ0) is 12.0. The lowest BCUT2D eigenvalue weighted by atomic mass is 10.2. The molecule has 1 aromatic carbocycles. The normalized spacial score (nSPS) is 11.2. The number of hydrogen-bond donors (Lipinski definition) is 0. The van der Waals surface area contributed by atoms with Crippen LogP contribution in [0.4, 0.5) is 0 Å². The first kappa shape index (κ1) is 10.6. The maximum absolute atomic E-state index is 12.3. The maximum Gasteiger partial charge on any atom is 0.264 e. The molecule has 0 aliphatic rings. The molecule has 0 atom stereocenters. The summed E-state index contributed by atoms with van der Waals surface area (Å²) in [6, 6.07) is 8.69. The zero-order valence-electron chi connectivity index (χ0n) is 8.52. The Morgan fingerprint density at radius 3 is 2.76 bits per heavy atom. The summed E-state index contributed by atoms with van der Waals surface area (Å²) < 4.78 is 1.42. The van der Waals surface area contributed by atoms with Crippen molar-refractivity contribution in [2.45, 2.75) is 0 Å². The van der Waals surface area contributed by atoms with Crippen LogP contribution in [0.25, 0.3) is 16.4 Å². The van der Waals surface area contributed by atoms with E-state index in [0.717, 1.165) is 0 Å². The molecule has 0 unspecified atom stereocenters. The van der Waals surface area contributed by atoms with Crippen LogP contribution < -0.4 is 5.56 Å². The minimum atomic E-state index is -0.179. The first-order valence-electron chi connectivity index (χ1n) is 4.93. The average molecular weight is 265 g/mol. The van der Waals surface area contributed by atoms with Crippen LogP contribution in [0.2, 0.25) is 10.2 Å². The highest BCUT2D eigenvalue weighted by atomic mass is 35.5. The Morgan fingerprint density at radius 1 is 1.18 bits per heavy atom. The van der Waals surface area contributed by atoms with Gasteiger partial charge in [0.15, 0.2) is 5.15 Å². The van der Waals surface area contributed by atoms with Gasteiger partial charge in [-0.2, -0.15) is 0 Å². The molecular weight excluding hydrogens is 259 g/mol. The summed E-state index contributed by atoms with van der Waals surface area (Å²) in [5.41, 5.74) is 0.905. The zero-order valence-corrected chi connectivity index (χ0v) is 10.0. The standard InChI is InChI=1S/C12H6Cl2N2O/c13-7-5-10-11(14)15-9-4-2-1-3-8(9)12(17)16(10)6-7/h1-6H. The monoisotopic (exact) mass is 264 g/mol. The van der Waals surface area contributed by atoms with Crippen LogP contribution in [0.5, 0.6) is 0 Å². The number of halogens is 2. The van der Waals surface area contributed by atoms with E-state index in [4.69, 9.17) is 23.2 Å². The van der Waals surface area contributed by atoms with Gasteiger partial charge in [-0.1, -0.05) is 35.3 Å². The molecule has 0 amide bonds. The quantitative estimate of drug-likeness (QED) is 0.625. The van der Waals surface area contributed by atoms with E-state index in [9.17, 15) is 4.79 Å². The molecule has 0 fully saturated rings. The van der Waals surface area contributed by atoms with Gasteiger partial charge in [-0.05, 0) is 18.2 Å². The molecule has 0 bridgehead atoms. The lowest BCUT2D eigenvalue weighted by molar-refractivity contribution is 1.15. The van der Waals surface area contributed by atoms with Crippen LogP contribution in [0, 0.1) is 0 Å². The second-order valence-corrected chi connectivity index (χ2v) is 4.43. The second-order valence-electron chi connectivity index (χ2n) is 3.64. The van der Waals surface area contributed by atoms with E-state index in [-0.39, 0.29) is 10.7 Å². The van der Waals surface area contributed by atoms with E-state index in [1.54, 1.807) is 30.5 Å². The van der Waals surface area contributed by atoms with E-state index < -0.39 is 0 Å². The summed E-state index contributed by atoms with van der Waals surface area (Å²) in [5, 5.41) is 1.23. The van der Waals surface area contributed by atoms with Crippen LogP contribution in [-0.2, 0) is 0 Å². The SMILES string of the molecule is O=c1c2ccccc2nc(Cl)c2cc(Cl)cn12. The average Bonchev–Trinajstić information content (AvgIpc) is 2.67. The molecule has 0 aliphatic carbocycles. The number of aromatic nitrogens is 2. The summed E-state index contributed by atoms with van der Waals surface area (Å²) in [7, 11) is 0. The van der Waals surface area contributed by atoms with Crippen molar-refractivity contribution in [1.82, 2.24) is 9.38 Å². The van der Waals surface area contributed by atoms with Crippen molar-refractivity contribution in [3.63, 3.8) is 0 Å². The molecule has 3 nitrogen and oxygen atoms in total. The van der Waals surface area contributed by atoms with Gasteiger partial charge < -0.3 is 0 Å². The fourth-order valence-electron chi connectivity index (χ4n) is 1.80. The lowest BCUT2D eigenvalue weighted by Crippen LogP contribution is -2.08. The van der Waals surface area contributed by atoms with Gasteiger partial charge >= 0.3 is 0 Å². The minimum absolute atomic E-state index is 0.179. The van der Waals surface area contributed by atoms with Gasteiger partial charge in [0.1, 0.15) is 0 Å². The largest absolute Gasteiger partial charge is 0.279 e. The predicted octanol–water partition coefficient (Wildman–Crippen LogP) is 3.15. The summed E-state index contributed by atoms with van der Waals surface area (Å²) in [6.45, 7) is 0. The molecule has 17 heavy (non-hydrogen) atoms. The topological polar surface area (TPSA) is 34.4 Å². The Bertz CT molecular complexity index is 795. The number of fused-ring (bicyclic) bond motifs is 2. The first-order valence-corrected chi connectivity index (χ1v) is 5.68. The molecule has 2 aromatic heterocycles. The smallest absolute Gasteiger partial charge is 0.264 e. The van der Waals surface area contributed by atoms with Crippen molar-refractivity contribution in [3.8, 4) is 0 Å². The van der Waals surface area contributed by atoms with Gasteiger partial charge in [-0.15, -0.1) is 0 Å². The van der Waals surface area contributed by atoms with E-state index in [1.807, 2.05) is 6.07 Å². The van der Waals surface area contributed by atoms with Gasteiger partial charge in [-0.25, -0.2) is 4.98 Å². The Morgan fingerprint density at radius 2 is 1.94 bits per heavy atom. The Labute approximate surface area is 106 Å². The molecular formula is C12H6Cl2N2O. The lowest BCUT2D eigenvalue weighted by Gasteiger charge is -1.87. The summed E-state index contributed by atoms with van der Waals surface area (Å²) >= 11 is 12.0.